The molecule has 0 fully saturated rings. The van der Waals surface area contributed by atoms with E-state index in [9.17, 15) is 4.79 Å². The van der Waals surface area contributed by atoms with Crippen molar-refractivity contribution in [2.75, 3.05) is 0 Å². The summed E-state index contributed by atoms with van der Waals surface area (Å²) in [6.07, 6.45) is 2.61. The smallest absolute Gasteiger partial charge is 0.282 e. The zero-order valence-electron chi connectivity index (χ0n) is 22.6. The van der Waals surface area contributed by atoms with E-state index in [-0.39, 0.29) is 11.5 Å². The van der Waals surface area contributed by atoms with Gasteiger partial charge in [-0.05, 0) is 74.4 Å². The summed E-state index contributed by atoms with van der Waals surface area (Å²) in [5, 5.41) is 5.20. The van der Waals surface area contributed by atoms with Gasteiger partial charge in [0.25, 0.3) is 5.56 Å². The molecule has 0 aliphatic rings. The number of nitrogens with zero attached hydrogens (tertiary/aromatic N) is 4. The average Bonchev–Trinajstić information content (AvgIpc) is 3.24. The third-order valence-electron chi connectivity index (χ3n) is 7.01. The highest BCUT2D eigenvalue weighted by Crippen LogP contribution is 2.24. The fraction of sp³-hybridized carbons (Fsp3) is 0.219. The highest BCUT2D eigenvalue weighted by molar-refractivity contribution is 9.10. The molecule has 0 radical (unpaired) electrons. The third kappa shape index (κ3) is 5.59. The Kier molecular flexibility index (Phi) is 7.79. The molecule has 7 heteroatoms. The van der Waals surface area contributed by atoms with Crippen molar-refractivity contribution in [3.05, 3.63) is 122 Å². The molecule has 5 aromatic rings. The minimum Gasteiger partial charge on any atom is -0.489 e. The van der Waals surface area contributed by atoms with E-state index < -0.39 is 0 Å². The maximum atomic E-state index is 13.5. The Balaban J connectivity index is 1.45. The van der Waals surface area contributed by atoms with Gasteiger partial charge in [0.2, 0.25) is 0 Å². The number of fused-ring (bicyclic) bond motifs is 1. The highest BCUT2D eigenvalue weighted by Gasteiger charge is 2.16. The second-order valence-corrected chi connectivity index (χ2v) is 10.6. The molecule has 6 nitrogen and oxygen atoms in total. The summed E-state index contributed by atoms with van der Waals surface area (Å²) < 4.78 is 10.4. The van der Waals surface area contributed by atoms with Crippen LogP contribution in [0.2, 0.25) is 0 Å². The van der Waals surface area contributed by atoms with E-state index in [4.69, 9.17) is 9.72 Å². The molecular weight excluding hydrogens is 552 g/mol. The second kappa shape index (κ2) is 11.4. The molecule has 0 amide bonds. The predicted octanol–water partition coefficient (Wildman–Crippen LogP) is 7.54. The van der Waals surface area contributed by atoms with Gasteiger partial charge in [-0.3, -0.25) is 4.79 Å². The van der Waals surface area contributed by atoms with Crippen molar-refractivity contribution in [3.8, 4) is 11.4 Å². The number of benzene rings is 3. The Morgan fingerprint density at radius 3 is 2.49 bits per heavy atom. The lowest BCUT2D eigenvalue weighted by molar-refractivity contribution is 0.306. The number of rotatable bonds is 8. The Labute approximate surface area is 236 Å². The fourth-order valence-electron chi connectivity index (χ4n) is 4.65. The van der Waals surface area contributed by atoms with E-state index in [1.165, 1.54) is 4.68 Å². The van der Waals surface area contributed by atoms with Crippen LogP contribution in [0.4, 0.5) is 0 Å². The van der Waals surface area contributed by atoms with Crippen LogP contribution in [0, 0.1) is 13.8 Å². The molecule has 0 saturated heterocycles. The van der Waals surface area contributed by atoms with Gasteiger partial charge in [0, 0.05) is 33.0 Å². The van der Waals surface area contributed by atoms with Gasteiger partial charge >= 0.3 is 0 Å². The summed E-state index contributed by atoms with van der Waals surface area (Å²) in [6, 6.07) is 25.9. The number of aryl methyl sites for hydroxylation is 1. The molecule has 0 aliphatic carbocycles. The summed E-state index contributed by atoms with van der Waals surface area (Å²) in [5.74, 6) is 1.56. The zero-order chi connectivity index (χ0) is 27.5. The second-order valence-electron chi connectivity index (χ2n) is 9.73. The molecule has 198 valence electrons. The van der Waals surface area contributed by atoms with Crippen molar-refractivity contribution < 1.29 is 4.74 Å². The monoisotopic (exact) mass is 582 g/mol. The number of hydrogen-bond donors (Lipinski definition) is 0. The molecule has 0 spiro atoms. The first-order valence-corrected chi connectivity index (χ1v) is 13.9. The number of aromatic nitrogens is 3. The first-order valence-electron chi connectivity index (χ1n) is 13.1. The quantitative estimate of drug-likeness (QED) is 0.177. The van der Waals surface area contributed by atoms with E-state index in [0.717, 1.165) is 44.8 Å². The van der Waals surface area contributed by atoms with Crippen molar-refractivity contribution in [1.29, 1.82) is 0 Å². The SMILES string of the molecule is CC[C@@H](C)c1nc2ccc(Br)cc2c(=O)n1N=Cc1cc(C)n(-c2ccc(OCc3ccccc3)cc2)c1C. The molecule has 3 aromatic carbocycles. The topological polar surface area (TPSA) is 61.4 Å². The molecule has 2 aromatic heterocycles. The molecule has 0 bridgehead atoms. The molecule has 0 unspecified atom stereocenters. The highest BCUT2D eigenvalue weighted by atomic mass is 79.9. The lowest BCUT2D eigenvalue weighted by atomic mass is 10.1. The predicted molar refractivity (Wildman–Crippen MR) is 161 cm³/mol. The van der Waals surface area contributed by atoms with Gasteiger partial charge < -0.3 is 9.30 Å². The van der Waals surface area contributed by atoms with Crippen LogP contribution in [0.3, 0.4) is 0 Å². The normalized spacial score (nSPS) is 12.3. The lowest BCUT2D eigenvalue weighted by Crippen LogP contribution is -2.23. The Bertz CT molecular complexity index is 1700. The minimum absolute atomic E-state index is 0.0814. The van der Waals surface area contributed by atoms with E-state index >= 15 is 0 Å². The number of hydrogen-bond acceptors (Lipinski definition) is 4. The van der Waals surface area contributed by atoms with Gasteiger partial charge in [0.05, 0.1) is 17.1 Å². The molecule has 0 saturated carbocycles. The lowest BCUT2D eigenvalue weighted by Gasteiger charge is -2.14. The minimum atomic E-state index is -0.173. The van der Waals surface area contributed by atoms with E-state index in [0.29, 0.717) is 23.3 Å². The van der Waals surface area contributed by atoms with Crippen LogP contribution in [0.1, 0.15) is 54.5 Å². The molecule has 5 rings (SSSR count). The number of halogens is 1. The van der Waals surface area contributed by atoms with Gasteiger partial charge in [-0.2, -0.15) is 9.78 Å². The van der Waals surface area contributed by atoms with Gasteiger partial charge in [-0.1, -0.05) is 60.1 Å². The van der Waals surface area contributed by atoms with Crippen molar-refractivity contribution in [1.82, 2.24) is 14.2 Å². The molecule has 0 aliphatic heterocycles. The summed E-state index contributed by atoms with van der Waals surface area (Å²) in [4.78, 5) is 18.3. The fourth-order valence-corrected chi connectivity index (χ4v) is 5.01. The maximum Gasteiger partial charge on any atom is 0.282 e. The first kappa shape index (κ1) is 26.6. The molecule has 2 heterocycles. The van der Waals surface area contributed by atoms with Crippen LogP contribution >= 0.6 is 15.9 Å². The van der Waals surface area contributed by atoms with Crippen LogP contribution in [-0.4, -0.2) is 20.4 Å². The van der Waals surface area contributed by atoms with E-state index in [1.54, 1.807) is 12.3 Å². The van der Waals surface area contributed by atoms with E-state index in [2.05, 4.69) is 83.6 Å². The summed E-state index contributed by atoms with van der Waals surface area (Å²) in [7, 11) is 0. The maximum absolute atomic E-state index is 13.5. The average molecular weight is 584 g/mol. The van der Waals surface area contributed by atoms with Crippen molar-refractivity contribution >= 4 is 33.0 Å². The van der Waals surface area contributed by atoms with Gasteiger partial charge in [0.15, 0.2) is 0 Å². The van der Waals surface area contributed by atoms with Crippen LogP contribution in [-0.2, 0) is 6.61 Å². The van der Waals surface area contributed by atoms with Crippen molar-refractivity contribution in [2.45, 2.75) is 46.6 Å². The summed E-state index contributed by atoms with van der Waals surface area (Å²) in [6.45, 7) is 8.80. The summed E-state index contributed by atoms with van der Waals surface area (Å²) >= 11 is 3.47. The molecule has 39 heavy (non-hydrogen) atoms. The summed E-state index contributed by atoms with van der Waals surface area (Å²) in [5.41, 5.74) is 5.71. The zero-order valence-corrected chi connectivity index (χ0v) is 24.1. The van der Waals surface area contributed by atoms with E-state index in [1.807, 2.05) is 42.5 Å². The molecule has 0 N–H and O–H groups in total. The third-order valence-corrected chi connectivity index (χ3v) is 7.51. The van der Waals surface area contributed by atoms with Crippen molar-refractivity contribution in [3.63, 3.8) is 0 Å². The Morgan fingerprint density at radius 2 is 1.77 bits per heavy atom. The standard InChI is InChI=1S/C32H31BrN4O2/c1-5-21(2)31-35-30-16-11-26(33)18-29(30)32(38)37(31)34-19-25-17-22(3)36(23(25)4)27-12-14-28(15-13-27)39-20-24-9-7-6-8-10-24/h6-19,21H,5,20H2,1-4H3/t21-/m1/s1. The van der Waals surface area contributed by atoms with Gasteiger partial charge in [-0.25, -0.2) is 4.98 Å². The van der Waals surface area contributed by atoms with Crippen LogP contribution in [0.25, 0.3) is 16.6 Å². The largest absolute Gasteiger partial charge is 0.489 e. The molecule has 1 atom stereocenters. The Hall–Kier alpha value is -3.97. The van der Waals surface area contributed by atoms with Gasteiger partial charge in [0.1, 0.15) is 18.2 Å². The van der Waals surface area contributed by atoms with Crippen LogP contribution < -0.4 is 10.3 Å². The van der Waals surface area contributed by atoms with Crippen molar-refractivity contribution in [2.24, 2.45) is 5.10 Å². The van der Waals surface area contributed by atoms with Crippen LogP contribution in [0.5, 0.6) is 5.75 Å². The Morgan fingerprint density at radius 1 is 1.03 bits per heavy atom. The number of ether oxygens (including phenoxy) is 1. The van der Waals surface area contributed by atoms with Gasteiger partial charge in [-0.15, -0.1) is 0 Å². The van der Waals surface area contributed by atoms with Crippen LogP contribution in [0.15, 0.2) is 93.2 Å². The first-order chi connectivity index (χ1) is 18.9. The molecular formula is C32H31BrN4O2.